The zero-order valence-corrected chi connectivity index (χ0v) is 14.7. The van der Waals surface area contributed by atoms with Crippen molar-refractivity contribution < 1.29 is 4.92 Å². The first-order valence-corrected chi connectivity index (χ1v) is 8.59. The number of nitrogen functional groups attached to an aromatic ring is 1. The third-order valence-electron chi connectivity index (χ3n) is 3.61. The van der Waals surface area contributed by atoms with Crippen molar-refractivity contribution in [3.8, 4) is 11.4 Å². The lowest BCUT2D eigenvalue weighted by atomic mass is 10.1. The van der Waals surface area contributed by atoms with Crippen LogP contribution in [0.1, 0.15) is 17.7 Å². The number of benzene rings is 2. The molecule has 1 atom stereocenters. The summed E-state index contributed by atoms with van der Waals surface area (Å²) >= 11 is 7.55. The van der Waals surface area contributed by atoms with Gasteiger partial charge in [-0.1, -0.05) is 47.6 Å². The third kappa shape index (κ3) is 3.59. The number of hydrogen-bond acceptors (Lipinski definition) is 6. The molecule has 9 heteroatoms. The van der Waals surface area contributed by atoms with Gasteiger partial charge in [-0.2, -0.15) is 0 Å². The molecule has 0 unspecified atom stereocenters. The van der Waals surface area contributed by atoms with Gasteiger partial charge in [0.25, 0.3) is 5.69 Å². The van der Waals surface area contributed by atoms with Crippen LogP contribution >= 0.6 is 23.4 Å². The molecule has 0 aliphatic rings. The molecule has 3 aromatic rings. The van der Waals surface area contributed by atoms with Gasteiger partial charge < -0.3 is 5.84 Å². The predicted octanol–water partition coefficient (Wildman–Crippen LogP) is 4.07. The number of aromatic nitrogens is 3. The van der Waals surface area contributed by atoms with Crippen molar-refractivity contribution in [2.45, 2.75) is 17.3 Å². The van der Waals surface area contributed by atoms with Gasteiger partial charge >= 0.3 is 0 Å². The smallest absolute Gasteiger partial charge is 0.269 e. The number of rotatable bonds is 5. The maximum absolute atomic E-state index is 10.9. The summed E-state index contributed by atoms with van der Waals surface area (Å²) in [5, 5.41) is 20.1. The maximum atomic E-state index is 10.9. The van der Waals surface area contributed by atoms with Crippen LogP contribution in [0, 0.1) is 10.1 Å². The normalized spacial score (nSPS) is 12.1. The first-order chi connectivity index (χ1) is 12.0. The predicted molar refractivity (Wildman–Crippen MR) is 98.0 cm³/mol. The van der Waals surface area contributed by atoms with Crippen molar-refractivity contribution >= 4 is 29.1 Å². The summed E-state index contributed by atoms with van der Waals surface area (Å²) in [6, 6.07) is 13.7. The van der Waals surface area contributed by atoms with E-state index < -0.39 is 4.92 Å². The lowest BCUT2D eigenvalue weighted by Gasteiger charge is -2.11. The molecular weight excluding hydrogens is 362 g/mol. The van der Waals surface area contributed by atoms with E-state index in [1.54, 1.807) is 18.2 Å². The van der Waals surface area contributed by atoms with Crippen LogP contribution in [0.4, 0.5) is 5.69 Å². The van der Waals surface area contributed by atoms with Gasteiger partial charge in [0.15, 0.2) is 5.82 Å². The Labute approximate surface area is 152 Å². The van der Waals surface area contributed by atoms with Crippen molar-refractivity contribution in [2.75, 3.05) is 5.84 Å². The summed E-state index contributed by atoms with van der Waals surface area (Å²) < 4.78 is 1.37. The number of nitro groups is 1. The van der Waals surface area contributed by atoms with E-state index in [0.29, 0.717) is 21.6 Å². The molecule has 0 saturated heterocycles. The summed E-state index contributed by atoms with van der Waals surface area (Å²) in [4.78, 5) is 10.5. The summed E-state index contributed by atoms with van der Waals surface area (Å²) in [5.74, 6) is 6.57. The highest BCUT2D eigenvalue weighted by Crippen LogP contribution is 2.36. The van der Waals surface area contributed by atoms with E-state index in [2.05, 4.69) is 10.2 Å². The second-order valence-corrected chi connectivity index (χ2v) is 6.98. The Kier molecular flexibility index (Phi) is 4.91. The molecule has 3 rings (SSSR count). The number of halogens is 1. The Morgan fingerprint density at radius 3 is 2.72 bits per heavy atom. The van der Waals surface area contributed by atoms with Crippen LogP contribution in [0.2, 0.25) is 5.02 Å². The Morgan fingerprint density at radius 2 is 2.00 bits per heavy atom. The Balaban J connectivity index is 1.86. The topological polar surface area (TPSA) is 99.9 Å². The summed E-state index contributed by atoms with van der Waals surface area (Å²) in [6.45, 7) is 1.92. The molecule has 7 nitrogen and oxygen atoms in total. The van der Waals surface area contributed by atoms with Crippen molar-refractivity contribution in [2.24, 2.45) is 0 Å². The van der Waals surface area contributed by atoms with Crippen molar-refractivity contribution in [1.82, 2.24) is 14.9 Å². The third-order valence-corrected chi connectivity index (χ3v) is 5.06. The molecule has 0 radical (unpaired) electrons. The van der Waals surface area contributed by atoms with Crippen LogP contribution in [0.25, 0.3) is 11.4 Å². The Bertz CT molecular complexity index is 930. The minimum Gasteiger partial charge on any atom is -0.335 e. The largest absolute Gasteiger partial charge is 0.335 e. The second-order valence-electron chi connectivity index (χ2n) is 5.27. The Hall–Kier alpha value is -2.58. The van der Waals surface area contributed by atoms with Crippen LogP contribution < -0.4 is 5.84 Å². The summed E-state index contributed by atoms with van der Waals surface area (Å²) in [6.07, 6.45) is 0. The number of nitrogens with two attached hydrogens (primary N) is 1. The molecule has 2 N–H and O–H groups in total. The molecule has 0 aliphatic heterocycles. The minimum absolute atomic E-state index is 0.0518. The molecule has 2 aromatic carbocycles. The van der Waals surface area contributed by atoms with E-state index in [4.69, 9.17) is 17.4 Å². The van der Waals surface area contributed by atoms with Gasteiger partial charge in [0.1, 0.15) is 0 Å². The molecule has 0 spiro atoms. The lowest BCUT2D eigenvalue weighted by Crippen LogP contribution is -2.12. The molecule has 0 bridgehead atoms. The van der Waals surface area contributed by atoms with E-state index in [-0.39, 0.29) is 10.9 Å². The number of non-ortho nitro benzene ring substituents is 1. The minimum atomic E-state index is -0.415. The zero-order chi connectivity index (χ0) is 18.0. The van der Waals surface area contributed by atoms with Gasteiger partial charge in [-0.05, 0) is 24.6 Å². The standard InChI is InChI=1S/C16H14ClN5O2S/c1-10(11-5-4-6-12(9-11)22(23)24)25-16-20-19-15(21(16)18)13-7-2-3-8-14(13)17/h2-10H,18H2,1H3/t10-/m1/s1. The highest BCUT2D eigenvalue weighted by atomic mass is 35.5. The highest BCUT2D eigenvalue weighted by Gasteiger charge is 2.18. The Morgan fingerprint density at radius 1 is 1.24 bits per heavy atom. The second kappa shape index (κ2) is 7.12. The zero-order valence-electron chi connectivity index (χ0n) is 13.2. The molecule has 0 amide bonds. The molecule has 128 valence electrons. The highest BCUT2D eigenvalue weighted by molar-refractivity contribution is 7.99. The van der Waals surface area contributed by atoms with Crippen LogP contribution in [-0.4, -0.2) is 19.8 Å². The maximum Gasteiger partial charge on any atom is 0.269 e. The van der Waals surface area contributed by atoms with E-state index in [9.17, 15) is 10.1 Å². The monoisotopic (exact) mass is 375 g/mol. The lowest BCUT2D eigenvalue weighted by molar-refractivity contribution is -0.384. The van der Waals surface area contributed by atoms with Gasteiger partial charge in [0.05, 0.1) is 9.95 Å². The molecule has 0 saturated carbocycles. The van der Waals surface area contributed by atoms with Crippen molar-refractivity contribution in [1.29, 1.82) is 0 Å². The fraction of sp³-hybridized carbons (Fsp3) is 0.125. The fourth-order valence-electron chi connectivity index (χ4n) is 2.30. The first kappa shape index (κ1) is 17.2. The van der Waals surface area contributed by atoms with Gasteiger partial charge in [-0.3, -0.25) is 10.1 Å². The molecule has 25 heavy (non-hydrogen) atoms. The molecule has 1 heterocycles. The first-order valence-electron chi connectivity index (χ1n) is 7.33. The van der Waals surface area contributed by atoms with Crippen LogP contribution in [0.15, 0.2) is 53.7 Å². The van der Waals surface area contributed by atoms with E-state index >= 15 is 0 Å². The van der Waals surface area contributed by atoms with Gasteiger partial charge in [0, 0.05) is 22.9 Å². The number of thioether (sulfide) groups is 1. The van der Waals surface area contributed by atoms with E-state index in [1.165, 1.54) is 22.5 Å². The number of nitrogens with zero attached hydrogens (tertiary/aromatic N) is 4. The van der Waals surface area contributed by atoms with Crippen LogP contribution in [-0.2, 0) is 0 Å². The van der Waals surface area contributed by atoms with Crippen molar-refractivity contribution in [3.63, 3.8) is 0 Å². The fourth-order valence-corrected chi connectivity index (χ4v) is 3.41. The molecule has 1 aromatic heterocycles. The van der Waals surface area contributed by atoms with Gasteiger partial charge in [0.2, 0.25) is 5.16 Å². The average molecular weight is 376 g/mol. The number of nitro benzene ring substituents is 1. The van der Waals surface area contributed by atoms with Gasteiger partial charge in [-0.25, -0.2) is 4.68 Å². The SMILES string of the molecule is C[C@@H](Sc1nnc(-c2ccccc2Cl)n1N)c1cccc([N+](=O)[O-])c1. The molecular formula is C16H14ClN5O2S. The number of hydrogen-bond donors (Lipinski definition) is 1. The van der Waals surface area contributed by atoms with Crippen LogP contribution in [0.5, 0.6) is 0 Å². The van der Waals surface area contributed by atoms with Crippen LogP contribution in [0.3, 0.4) is 0 Å². The summed E-state index contributed by atoms with van der Waals surface area (Å²) in [7, 11) is 0. The quantitative estimate of drug-likeness (QED) is 0.312. The average Bonchev–Trinajstić information content (AvgIpc) is 2.96. The molecule has 0 fully saturated rings. The van der Waals surface area contributed by atoms with Gasteiger partial charge in [-0.15, -0.1) is 10.2 Å². The molecule has 0 aliphatic carbocycles. The van der Waals surface area contributed by atoms with E-state index in [0.717, 1.165) is 5.56 Å². The van der Waals surface area contributed by atoms with Crippen molar-refractivity contribution in [3.05, 3.63) is 69.2 Å². The van der Waals surface area contributed by atoms with E-state index in [1.807, 2.05) is 31.2 Å². The summed E-state index contributed by atoms with van der Waals surface area (Å²) in [5.41, 5.74) is 1.55.